The molecule has 1 amide bonds. The third-order valence-electron chi connectivity index (χ3n) is 2.67. The first-order valence-electron chi connectivity index (χ1n) is 5.71. The van der Waals surface area contributed by atoms with Crippen molar-refractivity contribution in [2.45, 2.75) is 0 Å². The molecular formula is C14H9Cl2NO4. The first kappa shape index (κ1) is 15.2. The van der Waals surface area contributed by atoms with Crippen molar-refractivity contribution < 1.29 is 19.8 Å². The van der Waals surface area contributed by atoms with Crippen LogP contribution < -0.4 is 5.32 Å². The predicted octanol–water partition coefficient (Wildman–Crippen LogP) is 3.65. The van der Waals surface area contributed by atoms with Gasteiger partial charge in [-0.15, -0.1) is 0 Å². The van der Waals surface area contributed by atoms with E-state index < -0.39 is 11.9 Å². The number of carboxylic acid groups (broad SMARTS) is 1. The Hall–Kier alpha value is -2.24. The van der Waals surface area contributed by atoms with Crippen molar-refractivity contribution in [1.29, 1.82) is 0 Å². The number of nitrogens with one attached hydrogen (secondary N) is 1. The number of aromatic hydroxyl groups is 1. The Balaban J connectivity index is 2.20. The van der Waals surface area contributed by atoms with E-state index in [4.69, 9.17) is 28.3 Å². The fourth-order valence-corrected chi connectivity index (χ4v) is 2.08. The molecule has 21 heavy (non-hydrogen) atoms. The summed E-state index contributed by atoms with van der Waals surface area (Å²) in [6.45, 7) is 0. The van der Waals surface area contributed by atoms with Crippen LogP contribution in [0.4, 0.5) is 5.69 Å². The molecule has 0 bridgehead atoms. The minimum atomic E-state index is -1.05. The van der Waals surface area contributed by atoms with E-state index in [9.17, 15) is 14.7 Å². The van der Waals surface area contributed by atoms with Crippen LogP contribution in [0, 0.1) is 0 Å². The van der Waals surface area contributed by atoms with Gasteiger partial charge in [0.15, 0.2) is 5.75 Å². The van der Waals surface area contributed by atoms with E-state index in [1.54, 1.807) is 0 Å². The lowest BCUT2D eigenvalue weighted by atomic mass is 10.1. The summed E-state index contributed by atoms with van der Waals surface area (Å²) in [6.07, 6.45) is 0. The minimum absolute atomic E-state index is 0.0334. The lowest BCUT2D eigenvalue weighted by molar-refractivity contribution is 0.0696. The summed E-state index contributed by atoms with van der Waals surface area (Å²) in [5, 5.41) is 20.7. The first-order valence-corrected chi connectivity index (χ1v) is 6.47. The van der Waals surface area contributed by atoms with E-state index in [-0.39, 0.29) is 26.9 Å². The third kappa shape index (κ3) is 3.45. The summed E-state index contributed by atoms with van der Waals surface area (Å²) in [7, 11) is 0. The smallest absolute Gasteiger partial charge is 0.335 e. The maximum Gasteiger partial charge on any atom is 0.335 e. The second-order valence-corrected chi connectivity index (χ2v) is 4.94. The standard InChI is InChI=1S/C14H9Cl2NO4/c15-10-5-8(6-11(16)12(10)18)13(19)17-9-3-1-7(2-4-9)14(20)21/h1-6,18H,(H,17,19)(H,20,21). The predicted molar refractivity (Wildman–Crippen MR) is 79.5 cm³/mol. The van der Waals surface area contributed by atoms with E-state index in [1.165, 1.54) is 36.4 Å². The summed E-state index contributed by atoms with van der Waals surface area (Å²) in [4.78, 5) is 22.7. The van der Waals surface area contributed by atoms with E-state index in [2.05, 4.69) is 5.32 Å². The molecule has 0 unspecified atom stereocenters. The van der Waals surface area contributed by atoms with Crippen molar-refractivity contribution in [2.75, 3.05) is 5.32 Å². The number of hydrogen-bond donors (Lipinski definition) is 3. The van der Waals surface area contributed by atoms with Gasteiger partial charge >= 0.3 is 5.97 Å². The number of phenols is 1. The van der Waals surface area contributed by atoms with Crippen LogP contribution in [0.15, 0.2) is 36.4 Å². The maximum atomic E-state index is 12.0. The average Bonchev–Trinajstić information content (AvgIpc) is 2.44. The van der Waals surface area contributed by atoms with Crippen LogP contribution in [-0.2, 0) is 0 Å². The van der Waals surface area contributed by atoms with Gasteiger partial charge in [0, 0.05) is 11.3 Å². The molecule has 0 spiro atoms. The van der Waals surface area contributed by atoms with Crippen molar-refractivity contribution in [3.63, 3.8) is 0 Å². The molecule has 0 atom stereocenters. The Bertz CT molecular complexity index is 690. The van der Waals surface area contributed by atoms with Crippen LogP contribution in [0.1, 0.15) is 20.7 Å². The highest BCUT2D eigenvalue weighted by atomic mass is 35.5. The molecule has 108 valence electrons. The van der Waals surface area contributed by atoms with Gasteiger partial charge in [-0.3, -0.25) is 4.79 Å². The van der Waals surface area contributed by atoms with Gasteiger partial charge in [-0.05, 0) is 36.4 Å². The van der Waals surface area contributed by atoms with Crippen LogP contribution in [0.25, 0.3) is 0 Å². The van der Waals surface area contributed by atoms with Gasteiger partial charge in [0.1, 0.15) is 0 Å². The molecule has 0 aromatic heterocycles. The normalized spacial score (nSPS) is 10.2. The number of anilines is 1. The molecule has 0 saturated carbocycles. The van der Waals surface area contributed by atoms with E-state index >= 15 is 0 Å². The van der Waals surface area contributed by atoms with Crippen molar-refractivity contribution in [3.05, 3.63) is 57.6 Å². The molecule has 0 radical (unpaired) electrons. The summed E-state index contributed by atoms with van der Waals surface area (Å²) in [5.41, 5.74) is 0.708. The molecule has 0 aliphatic carbocycles. The lowest BCUT2D eigenvalue weighted by Crippen LogP contribution is -2.12. The van der Waals surface area contributed by atoms with Gasteiger partial charge in [-0.25, -0.2) is 4.79 Å². The molecule has 7 heteroatoms. The molecule has 0 saturated heterocycles. The molecule has 2 aromatic rings. The molecule has 0 aliphatic heterocycles. The van der Waals surface area contributed by atoms with Gasteiger partial charge in [0.25, 0.3) is 5.91 Å². The molecule has 0 fully saturated rings. The van der Waals surface area contributed by atoms with Crippen LogP contribution in [-0.4, -0.2) is 22.1 Å². The molecule has 5 nitrogen and oxygen atoms in total. The average molecular weight is 326 g/mol. The number of hydrogen-bond acceptors (Lipinski definition) is 3. The number of carbonyl (C=O) groups is 2. The molecule has 0 aliphatic rings. The number of phenolic OH excluding ortho intramolecular Hbond substituents is 1. The fourth-order valence-electron chi connectivity index (χ4n) is 1.60. The fraction of sp³-hybridized carbons (Fsp3) is 0. The monoisotopic (exact) mass is 325 g/mol. The lowest BCUT2D eigenvalue weighted by Gasteiger charge is -2.07. The number of benzene rings is 2. The topological polar surface area (TPSA) is 86.6 Å². The summed E-state index contributed by atoms with van der Waals surface area (Å²) < 4.78 is 0. The van der Waals surface area contributed by atoms with Gasteiger partial charge < -0.3 is 15.5 Å². The Kier molecular flexibility index (Phi) is 4.35. The summed E-state index contributed by atoms with van der Waals surface area (Å²) in [6, 6.07) is 8.23. The Morgan fingerprint density at radius 1 is 0.952 bits per heavy atom. The van der Waals surface area contributed by atoms with Crippen molar-refractivity contribution in [3.8, 4) is 5.75 Å². The van der Waals surface area contributed by atoms with Gasteiger partial charge in [0.2, 0.25) is 0 Å². The maximum absolute atomic E-state index is 12.0. The SMILES string of the molecule is O=C(O)c1ccc(NC(=O)c2cc(Cl)c(O)c(Cl)c2)cc1. The number of rotatable bonds is 3. The highest BCUT2D eigenvalue weighted by molar-refractivity contribution is 6.37. The van der Waals surface area contributed by atoms with Crippen LogP contribution in [0.3, 0.4) is 0 Å². The third-order valence-corrected chi connectivity index (χ3v) is 3.25. The molecule has 3 N–H and O–H groups in total. The zero-order valence-corrected chi connectivity index (χ0v) is 11.9. The van der Waals surface area contributed by atoms with Crippen LogP contribution >= 0.6 is 23.2 Å². The molecule has 2 aromatic carbocycles. The molecule has 0 heterocycles. The summed E-state index contributed by atoms with van der Waals surface area (Å²) in [5.74, 6) is -1.83. The highest BCUT2D eigenvalue weighted by Gasteiger charge is 2.13. The Morgan fingerprint density at radius 2 is 1.48 bits per heavy atom. The summed E-state index contributed by atoms with van der Waals surface area (Å²) >= 11 is 11.5. The Morgan fingerprint density at radius 3 is 1.95 bits per heavy atom. The number of aromatic carboxylic acids is 1. The number of amides is 1. The quantitative estimate of drug-likeness (QED) is 0.803. The van der Waals surface area contributed by atoms with Gasteiger partial charge in [-0.1, -0.05) is 23.2 Å². The van der Waals surface area contributed by atoms with E-state index in [0.717, 1.165) is 0 Å². The Labute approximate surface area is 129 Å². The van der Waals surface area contributed by atoms with Crippen molar-refractivity contribution in [1.82, 2.24) is 0 Å². The first-order chi connectivity index (χ1) is 9.88. The van der Waals surface area contributed by atoms with Gasteiger partial charge in [0.05, 0.1) is 15.6 Å². The zero-order chi connectivity index (χ0) is 15.6. The number of carboxylic acids is 1. The highest BCUT2D eigenvalue weighted by Crippen LogP contribution is 2.32. The van der Waals surface area contributed by atoms with Crippen molar-refractivity contribution in [2.24, 2.45) is 0 Å². The molecular weight excluding hydrogens is 317 g/mol. The van der Waals surface area contributed by atoms with Gasteiger partial charge in [-0.2, -0.15) is 0 Å². The zero-order valence-electron chi connectivity index (χ0n) is 10.4. The largest absolute Gasteiger partial charge is 0.505 e. The minimum Gasteiger partial charge on any atom is -0.505 e. The van der Waals surface area contributed by atoms with Crippen molar-refractivity contribution >= 4 is 40.8 Å². The second-order valence-electron chi connectivity index (χ2n) is 4.13. The van der Waals surface area contributed by atoms with Crippen LogP contribution in [0.2, 0.25) is 10.0 Å². The second kappa shape index (κ2) is 6.03. The molecule has 2 rings (SSSR count). The van der Waals surface area contributed by atoms with E-state index in [0.29, 0.717) is 5.69 Å². The number of carbonyl (C=O) groups excluding carboxylic acids is 1. The van der Waals surface area contributed by atoms with E-state index in [1.807, 2.05) is 0 Å². The number of halogens is 2. The van der Waals surface area contributed by atoms with Crippen LogP contribution in [0.5, 0.6) is 5.75 Å².